The van der Waals surface area contributed by atoms with Gasteiger partial charge in [0.25, 0.3) is 0 Å². The van der Waals surface area contributed by atoms with Crippen molar-refractivity contribution in [3.63, 3.8) is 0 Å². The van der Waals surface area contributed by atoms with Crippen LogP contribution in [0.3, 0.4) is 0 Å². The van der Waals surface area contributed by atoms with E-state index in [4.69, 9.17) is 0 Å². The van der Waals surface area contributed by atoms with Crippen molar-refractivity contribution in [2.24, 2.45) is 4.99 Å². The molecule has 0 aliphatic rings. The van der Waals surface area contributed by atoms with E-state index in [1.807, 2.05) is 6.21 Å². The van der Waals surface area contributed by atoms with E-state index in [0.717, 1.165) is 11.8 Å². The summed E-state index contributed by atoms with van der Waals surface area (Å²) in [4.78, 5) is 4.58. The third-order valence-corrected chi connectivity index (χ3v) is 7.94. The maximum atomic E-state index is 4.58. The summed E-state index contributed by atoms with van der Waals surface area (Å²) in [6, 6.07) is 8.42. The highest BCUT2D eigenvalue weighted by molar-refractivity contribution is 8.29. The molecule has 0 amide bonds. The molecule has 3 heteroatoms. The molecule has 0 fully saturated rings. The Labute approximate surface area is 129 Å². The maximum absolute atomic E-state index is 4.58. The minimum atomic E-state index is -0.992. The standard InChI is InChI=1S/C17H29NSSi/c1-6-17(19-20(3,4)5)12-9-13-18-14-16-11-8-7-10-15(16)2/h7-8,10-11,14,17H,6,9,12-13H2,1-5H3. The Kier molecular flexibility index (Phi) is 7.60. The molecule has 0 aliphatic heterocycles. The smallest absolute Gasteiger partial charge is 0.108 e. The fraction of sp³-hybridized carbons (Fsp3) is 0.588. The first-order valence-corrected chi connectivity index (χ1v) is 12.8. The van der Waals surface area contributed by atoms with Gasteiger partial charge in [0.15, 0.2) is 0 Å². The lowest BCUT2D eigenvalue weighted by Gasteiger charge is -2.23. The molecule has 112 valence electrons. The molecule has 1 aromatic rings. The number of nitrogens with zero attached hydrogens (tertiary/aromatic N) is 1. The first-order chi connectivity index (χ1) is 9.42. The van der Waals surface area contributed by atoms with Crippen LogP contribution in [0.4, 0.5) is 0 Å². The summed E-state index contributed by atoms with van der Waals surface area (Å²) in [5, 5.41) is 0.829. The van der Waals surface area contributed by atoms with Crippen LogP contribution in [0.5, 0.6) is 0 Å². The Hall–Kier alpha value is -0.543. The van der Waals surface area contributed by atoms with Crippen molar-refractivity contribution in [3.8, 4) is 0 Å². The molecular formula is C17H29NSSi. The molecule has 1 aromatic carbocycles. The minimum Gasteiger partial charge on any atom is -0.293 e. The largest absolute Gasteiger partial charge is 0.293 e. The maximum Gasteiger partial charge on any atom is 0.108 e. The number of rotatable bonds is 8. The Bertz CT molecular complexity index is 423. The highest BCUT2D eigenvalue weighted by Crippen LogP contribution is 2.29. The highest BCUT2D eigenvalue weighted by Gasteiger charge is 2.19. The van der Waals surface area contributed by atoms with Crippen molar-refractivity contribution < 1.29 is 0 Å². The first-order valence-electron chi connectivity index (χ1n) is 7.65. The summed E-state index contributed by atoms with van der Waals surface area (Å²) in [5.41, 5.74) is 2.55. The van der Waals surface area contributed by atoms with E-state index < -0.39 is 7.22 Å². The first kappa shape index (κ1) is 17.5. The lowest BCUT2D eigenvalue weighted by Crippen LogP contribution is -2.20. The summed E-state index contributed by atoms with van der Waals surface area (Å²) in [7, 11) is -0.992. The normalized spacial score (nSPS) is 13.8. The third kappa shape index (κ3) is 7.30. The monoisotopic (exact) mass is 307 g/mol. The Morgan fingerprint density at radius 3 is 2.55 bits per heavy atom. The molecule has 1 unspecified atom stereocenters. The van der Waals surface area contributed by atoms with E-state index in [9.17, 15) is 0 Å². The van der Waals surface area contributed by atoms with E-state index in [2.05, 4.69) is 74.0 Å². The van der Waals surface area contributed by atoms with Crippen molar-refractivity contribution >= 4 is 24.6 Å². The predicted molar refractivity (Wildman–Crippen MR) is 97.9 cm³/mol. The topological polar surface area (TPSA) is 12.4 Å². The van der Waals surface area contributed by atoms with Gasteiger partial charge in [-0.1, -0.05) is 50.8 Å². The summed E-state index contributed by atoms with van der Waals surface area (Å²) < 4.78 is 0. The molecule has 0 aromatic heterocycles. The zero-order valence-corrected chi connectivity index (χ0v) is 15.5. The number of hydrogen-bond donors (Lipinski definition) is 0. The second-order valence-electron chi connectivity index (χ2n) is 6.29. The Balaban J connectivity index is 2.32. The Morgan fingerprint density at radius 1 is 1.25 bits per heavy atom. The molecule has 0 aliphatic carbocycles. The van der Waals surface area contributed by atoms with Gasteiger partial charge in [-0.25, -0.2) is 0 Å². The molecule has 1 rings (SSSR count). The third-order valence-electron chi connectivity index (χ3n) is 3.21. The van der Waals surface area contributed by atoms with Gasteiger partial charge < -0.3 is 0 Å². The zero-order chi connectivity index (χ0) is 15.0. The molecule has 1 nitrogen and oxygen atoms in total. The van der Waals surface area contributed by atoms with Crippen molar-refractivity contribution in [3.05, 3.63) is 35.4 Å². The molecule has 0 saturated heterocycles. The lowest BCUT2D eigenvalue weighted by atomic mass is 10.1. The van der Waals surface area contributed by atoms with E-state index in [0.29, 0.717) is 0 Å². The molecule has 1 atom stereocenters. The van der Waals surface area contributed by atoms with Crippen LogP contribution in [-0.2, 0) is 0 Å². The van der Waals surface area contributed by atoms with Crippen LogP contribution in [-0.4, -0.2) is 25.2 Å². The average Bonchev–Trinajstić information content (AvgIpc) is 2.37. The van der Waals surface area contributed by atoms with E-state index >= 15 is 0 Å². The number of aliphatic imine (C=N–C) groups is 1. The van der Waals surface area contributed by atoms with Gasteiger partial charge in [0.05, 0.1) is 0 Å². The van der Waals surface area contributed by atoms with Crippen molar-refractivity contribution in [1.29, 1.82) is 0 Å². The Morgan fingerprint density at radius 2 is 1.95 bits per heavy atom. The van der Waals surface area contributed by atoms with Crippen molar-refractivity contribution in [2.45, 2.75) is 58.0 Å². The lowest BCUT2D eigenvalue weighted by molar-refractivity contribution is 0.693. The predicted octanol–water partition coefficient (Wildman–Crippen LogP) is 5.54. The van der Waals surface area contributed by atoms with Gasteiger partial charge in [0, 0.05) is 12.8 Å². The molecule has 0 bridgehead atoms. The molecule has 0 spiro atoms. The summed E-state index contributed by atoms with van der Waals surface area (Å²) >= 11 is 2.25. The van der Waals surface area contributed by atoms with E-state index in [1.54, 1.807) is 0 Å². The summed E-state index contributed by atoms with van der Waals surface area (Å²) in [5.74, 6) is 0. The highest BCUT2D eigenvalue weighted by atomic mass is 32.4. The number of hydrogen-bond acceptors (Lipinski definition) is 2. The zero-order valence-electron chi connectivity index (χ0n) is 13.6. The molecule has 0 heterocycles. The molecule has 20 heavy (non-hydrogen) atoms. The van der Waals surface area contributed by atoms with Crippen LogP contribution in [0.2, 0.25) is 19.6 Å². The van der Waals surface area contributed by atoms with E-state index in [-0.39, 0.29) is 0 Å². The van der Waals surface area contributed by atoms with Crippen molar-refractivity contribution in [1.82, 2.24) is 0 Å². The molecule has 0 radical (unpaired) electrons. The number of aryl methyl sites for hydroxylation is 1. The van der Waals surface area contributed by atoms with Gasteiger partial charge in [-0.05, 0) is 42.6 Å². The van der Waals surface area contributed by atoms with Gasteiger partial charge in [-0.3, -0.25) is 4.99 Å². The summed E-state index contributed by atoms with van der Waals surface area (Å²) in [6.07, 6.45) is 5.83. The molecule has 0 N–H and O–H groups in total. The quantitative estimate of drug-likeness (QED) is 0.349. The van der Waals surface area contributed by atoms with Gasteiger partial charge in [0.2, 0.25) is 0 Å². The van der Waals surface area contributed by atoms with Gasteiger partial charge in [-0.2, -0.15) is 11.2 Å². The average molecular weight is 308 g/mol. The van der Waals surface area contributed by atoms with Crippen LogP contribution in [0.1, 0.15) is 37.3 Å². The fourth-order valence-electron chi connectivity index (χ4n) is 2.15. The van der Waals surface area contributed by atoms with Crippen LogP contribution in [0.15, 0.2) is 29.3 Å². The second-order valence-corrected chi connectivity index (χ2v) is 15.8. The van der Waals surface area contributed by atoms with Gasteiger partial charge in [0.1, 0.15) is 7.22 Å². The van der Waals surface area contributed by atoms with Crippen LogP contribution >= 0.6 is 11.2 Å². The van der Waals surface area contributed by atoms with Crippen molar-refractivity contribution in [2.75, 3.05) is 6.54 Å². The van der Waals surface area contributed by atoms with Crippen LogP contribution in [0, 0.1) is 6.92 Å². The summed E-state index contributed by atoms with van der Waals surface area (Å²) in [6.45, 7) is 12.7. The van der Waals surface area contributed by atoms with Crippen LogP contribution in [0.25, 0.3) is 0 Å². The molecule has 0 saturated carbocycles. The van der Waals surface area contributed by atoms with Gasteiger partial charge >= 0.3 is 0 Å². The fourth-order valence-corrected chi connectivity index (χ4v) is 7.46. The van der Waals surface area contributed by atoms with Crippen LogP contribution < -0.4 is 0 Å². The molecular weight excluding hydrogens is 278 g/mol. The SMILES string of the molecule is CCC(CCCN=Cc1ccccc1C)S[Si](C)(C)C. The number of benzene rings is 1. The van der Waals surface area contributed by atoms with E-state index in [1.165, 1.54) is 30.4 Å². The minimum absolute atomic E-state index is 0.829. The van der Waals surface area contributed by atoms with Gasteiger partial charge in [-0.15, -0.1) is 0 Å². The second kappa shape index (κ2) is 8.68.